The first kappa shape index (κ1) is 15.5. The zero-order valence-electron chi connectivity index (χ0n) is 12.4. The summed E-state index contributed by atoms with van der Waals surface area (Å²) >= 11 is 0. The number of imide groups is 1. The molecular formula is C14H21N3O4. The molecule has 1 saturated carbocycles. The number of nitrogens with zero attached hydrogens (tertiary/aromatic N) is 2. The third-order valence-electron chi connectivity index (χ3n) is 4.11. The molecule has 1 aliphatic carbocycles. The molecule has 7 heteroatoms. The summed E-state index contributed by atoms with van der Waals surface area (Å²) in [5.74, 6) is -1.81. The van der Waals surface area contributed by atoms with Crippen LogP contribution in [-0.4, -0.2) is 65.0 Å². The van der Waals surface area contributed by atoms with Crippen molar-refractivity contribution in [2.24, 2.45) is 0 Å². The van der Waals surface area contributed by atoms with Crippen molar-refractivity contribution in [3.8, 4) is 0 Å². The highest BCUT2D eigenvalue weighted by Gasteiger charge is 2.32. The third-order valence-corrected chi connectivity index (χ3v) is 4.11. The molecule has 1 saturated heterocycles. The zero-order chi connectivity index (χ0) is 15.6. The molecule has 0 unspecified atom stereocenters. The lowest BCUT2D eigenvalue weighted by atomic mass is 10.1. The van der Waals surface area contributed by atoms with Gasteiger partial charge in [0.05, 0.1) is 0 Å². The lowest BCUT2D eigenvalue weighted by molar-refractivity contribution is -0.133. The minimum absolute atomic E-state index is 0.0486. The van der Waals surface area contributed by atoms with Gasteiger partial charge in [0.1, 0.15) is 0 Å². The predicted octanol–water partition coefficient (Wildman–Crippen LogP) is 0.424. The normalized spacial score (nSPS) is 20.8. The van der Waals surface area contributed by atoms with E-state index >= 15 is 0 Å². The van der Waals surface area contributed by atoms with E-state index in [0.717, 1.165) is 13.1 Å². The van der Waals surface area contributed by atoms with E-state index in [9.17, 15) is 14.4 Å². The van der Waals surface area contributed by atoms with Crippen LogP contribution in [0.25, 0.3) is 0 Å². The topological polar surface area (TPSA) is 89.9 Å². The van der Waals surface area contributed by atoms with Gasteiger partial charge in [-0.1, -0.05) is 0 Å². The fourth-order valence-corrected chi connectivity index (χ4v) is 2.33. The molecule has 1 aliphatic heterocycles. The van der Waals surface area contributed by atoms with Crippen LogP contribution in [-0.2, 0) is 9.59 Å². The fraction of sp³-hybridized carbons (Fsp3) is 0.643. The van der Waals surface area contributed by atoms with Gasteiger partial charge in [-0.2, -0.15) is 0 Å². The standard InChI is InChI=1S/C14H21N3O4/c1-9(10(2)13(19)20)12(18)15-14(21)17-7-5-16(6-8-17)11-3-4-11/h11H,3-8H2,1-2H3,(H,19,20)(H,15,18,21). The Balaban J connectivity index is 1.85. The Hall–Kier alpha value is -1.89. The van der Waals surface area contributed by atoms with Gasteiger partial charge in [0.25, 0.3) is 5.91 Å². The Bertz CT molecular complexity index is 488. The molecule has 3 amide bonds. The number of hydrogen-bond acceptors (Lipinski definition) is 4. The van der Waals surface area contributed by atoms with Gasteiger partial charge in [-0.25, -0.2) is 9.59 Å². The quantitative estimate of drug-likeness (QED) is 0.737. The Morgan fingerprint density at radius 2 is 1.57 bits per heavy atom. The van der Waals surface area contributed by atoms with Gasteiger partial charge in [0, 0.05) is 43.4 Å². The van der Waals surface area contributed by atoms with E-state index in [1.165, 1.54) is 26.7 Å². The maximum atomic E-state index is 12.0. The Kier molecular flexibility index (Phi) is 4.62. The highest BCUT2D eigenvalue weighted by Crippen LogP contribution is 2.27. The van der Waals surface area contributed by atoms with Gasteiger partial charge in [-0.05, 0) is 26.7 Å². The number of carboxylic acids is 1. The van der Waals surface area contributed by atoms with E-state index in [2.05, 4.69) is 10.2 Å². The number of rotatable bonds is 3. The number of piperazine rings is 1. The molecule has 0 atom stereocenters. The molecule has 0 bridgehead atoms. The average Bonchev–Trinajstić information content (AvgIpc) is 3.30. The second kappa shape index (κ2) is 6.26. The fourth-order valence-electron chi connectivity index (χ4n) is 2.33. The summed E-state index contributed by atoms with van der Waals surface area (Å²) in [6, 6.07) is 0.230. The highest BCUT2D eigenvalue weighted by atomic mass is 16.4. The van der Waals surface area contributed by atoms with E-state index in [-0.39, 0.29) is 11.1 Å². The summed E-state index contributed by atoms with van der Waals surface area (Å²) in [4.78, 5) is 38.6. The first-order valence-electron chi connectivity index (χ1n) is 7.15. The van der Waals surface area contributed by atoms with Gasteiger partial charge in [0.15, 0.2) is 0 Å². The summed E-state index contributed by atoms with van der Waals surface area (Å²) in [7, 11) is 0. The molecule has 7 nitrogen and oxygen atoms in total. The first-order chi connectivity index (χ1) is 9.90. The van der Waals surface area contributed by atoms with Crippen molar-refractivity contribution in [3.63, 3.8) is 0 Å². The monoisotopic (exact) mass is 295 g/mol. The van der Waals surface area contributed by atoms with Crippen LogP contribution in [0.4, 0.5) is 4.79 Å². The number of carbonyl (C=O) groups excluding carboxylic acids is 2. The van der Waals surface area contributed by atoms with Gasteiger partial charge in [-0.15, -0.1) is 0 Å². The third kappa shape index (κ3) is 3.81. The second-order valence-corrected chi connectivity index (χ2v) is 5.57. The number of aliphatic carboxylic acids is 1. The molecule has 21 heavy (non-hydrogen) atoms. The molecule has 0 aromatic heterocycles. The van der Waals surface area contributed by atoms with Crippen molar-refractivity contribution < 1.29 is 19.5 Å². The van der Waals surface area contributed by atoms with Crippen LogP contribution in [0.15, 0.2) is 11.1 Å². The van der Waals surface area contributed by atoms with Crippen molar-refractivity contribution in [2.45, 2.75) is 32.7 Å². The smallest absolute Gasteiger partial charge is 0.331 e. The zero-order valence-corrected chi connectivity index (χ0v) is 12.4. The minimum atomic E-state index is -1.16. The number of hydrogen-bond donors (Lipinski definition) is 2. The summed E-state index contributed by atoms with van der Waals surface area (Å²) < 4.78 is 0. The average molecular weight is 295 g/mol. The molecular weight excluding hydrogens is 274 g/mol. The van der Waals surface area contributed by atoms with Crippen molar-refractivity contribution in [2.75, 3.05) is 26.2 Å². The Morgan fingerprint density at radius 1 is 1.00 bits per heavy atom. The molecule has 2 N–H and O–H groups in total. The lowest BCUT2D eigenvalue weighted by Gasteiger charge is -2.34. The molecule has 0 spiro atoms. The predicted molar refractivity (Wildman–Crippen MR) is 75.7 cm³/mol. The van der Waals surface area contributed by atoms with Crippen LogP contribution in [0.1, 0.15) is 26.7 Å². The van der Waals surface area contributed by atoms with Gasteiger partial charge >= 0.3 is 12.0 Å². The van der Waals surface area contributed by atoms with E-state index in [4.69, 9.17) is 5.11 Å². The highest BCUT2D eigenvalue weighted by molar-refractivity contribution is 6.07. The summed E-state index contributed by atoms with van der Waals surface area (Å²) in [5, 5.41) is 11.1. The molecule has 0 aromatic rings. The maximum absolute atomic E-state index is 12.0. The van der Waals surface area contributed by atoms with Gasteiger partial charge in [0.2, 0.25) is 0 Å². The molecule has 2 aliphatic rings. The summed E-state index contributed by atoms with van der Waals surface area (Å²) in [5.41, 5.74) is -0.00804. The van der Waals surface area contributed by atoms with E-state index in [0.29, 0.717) is 19.1 Å². The number of carboxylic acid groups (broad SMARTS) is 1. The minimum Gasteiger partial charge on any atom is -0.478 e. The van der Waals surface area contributed by atoms with Gasteiger partial charge in [-0.3, -0.25) is 15.0 Å². The van der Waals surface area contributed by atoms with Crippen molar-refractivity contribution >= 4 is 17.9 Å². The molecule has 2 fully saturated rings. The van der Waals surface area contributed by atoms with Crippen molar-refractivity contribution in [1.82, 2.24) is 15.1 Å². The van der Waals surface area contributed by atoms with Crippen LogP contribution >= 0.6 is 0 Å². The number of carbonyl (C=O) groups is 3. The van der Waals surface area contributed by atoms with Crippen molar-refractivity contribution in [1.29, 1.82) is 0 Å². The SMILES string of the molecule is CC(C(=O)O)=C(C)C(=O)NC(=O)N1CCN(C2CC2)CC1. The summed E-state index contributed by atoms with van der Waals surface area (Å²) in [6.45, 7) is 5.59. The number of nitrogens with one attached hydrogen (secondary N) is 1. The number of urea groups is 1. The Labute approximate surface area is 123 Å². The molecule has 1 heterocycles. The van der Waals surface area contributed by atoms with Crippen LogP contribution in [0, 0.1) is 0 Å². The van der Waals surface area contributed by atoms with E-state index in [1.807, 2.05) is 0 Å². The van der Waals surface area contributed by atoms with Crippen LogP contribution in [0.5, 0.6) is 0 Å². The molecule has 116 valence electrons. The molecule has 2 rings (SSSR count). The van der Waals surface area contributed by atoms with Crippen molar-refractivity contribution in [3.05, 3.63) is 11.1 Å². The van der Waals surface area contributed by atoms with E-state index in [1.54, 1.807) is 4.90 Å². The second-order valence-electron chi connectivity index (χ2n) is 5.57. The summed E-state index contributed by atoms with van der Waals surface area (Å²) in [6.07, 6.45) is 2.48. The first-order valence-corrected chi connectivity index (χ1v) is 7.15. The molecule has 0 aromatic carbocycles. The molecule has 0 radical (unpaired) electrons. The van der Waals surface area contributed by atoms with Crippen LogP contribution in [0.3, 0.4) is 0 Å². The van der Waals surface area contributed by atoms with Crippen LogP contribution < -0.4 is 5.32 Å². The number of amides is 3. The maximum Gasteiger partial charge on any atom is 0.331 e. The largest absolute Gasteiger partial charge is 0.478 e. The van der Waals surface area contributed by atoms with Gasteiger partial charge < -0.3 is 10.0 Å². The van der Waals surface area contributed by atoms with E-state index < -0.39 is 17.9 Å². The van der Waals surface area contributed by atoms with Crippen LogP contribution in [0.2, 0.25) is 0 Å². The Morgan fingerprint density at radius 3 is 2.05 bits per heavy atom. The lowest BCUT2D eigenvalue weighted by Crippen LogP contribution is -2.53.